The first-order valence-electron chi connectivity index (χ1n) is 28.3. The lowest BCUT2D eigenvalue weighted by molar-refractivity contribution is -0.131. The monoisotopic (exact) mass is 864 g/mol. The Balaban J connectivity index is 3.49. The van der Waals surface area contributed by atoms with Crippen molar-refractivity contribution in [3.05, 3.63) is 0 Å². The molecule has 5 nitrogen and oxygen atoms in total. The van der Waals surface area contributed by atoms with Gasteiger partial charge in [0.05, 0.1) is 18.8 Å². The lowest BCUT2D eigenvalue weighted by atomic mass is 10.0. The maximum atomic E-state index is 12.6. The highest BCUT2D eigenvalue weighted by molar-refractivity contribution is 5.80. The number of aliphatic hydroxyl groups is 3. The van der Waals surface area contributed by atoms with Gasteiger partial charge in [0.25, 0.3) is 0 Å². The van der Waals surface area contributed by atoms with E-state index in [4.69, 9.17) is 0 Å². The Morgan fingerprint density at radius 3 is 0.738 bits per heavy atom. The largest absolute Gasteiger partial charge is 0.394 e. The standard InChI is InChI=1S/C56H113NO4/c1-3-5-7-9-11-13-15-17-19-21-23-25-26-27-28-29-31-33-35-37-39-41-43-45-47-49-51-55(60)56(61)57-53(52-58)54(59)50-48-46-44-42-40-38-36-34-32-30-24-22-20-18-16-14-12-10-8-6-4-2/h53-55,58-60H,3-52H2,1-2H3,(H,57,61). The first-order chi connectivity index (χ1) is 30.1. The zero-order chi connectivity index (χ0) is 44.4. The highest BCUT2D eigenvalue weighted by atomic mass is 16.3. The summed E-state index contributed by atoms with van der Waals surface area (Å²) in [5.41, 5.74) is 0. The molecule has 0 spiro atoms. The van der Waals surface area contributed by atoms with E-state index in [1.54, 1.807) is 0 Å². The minimum absolute atomic E-state index is 0.307. The van der Waals surface area contributed by atoms with Gasteiger partial charge in [-0.3, -0.25) is 4.79 Å². The van der Waals surface area contributed by atoms with Crippen LogP contribution in [0.1, 0.15) is 328 Å². The minimum atomic E-state index is -1.07. The minimum Gasteiger partial charge on any atom is -0.394 e. The second-order valence-corrected chi connectivity index (χ2v) is 19.9. The highest BCUT2D eigenvalue weighted by Gasteiger charge is 2.23. The molecule has 0 bridgehead atoms. The number of rotatable bonds is 53. The molecule has 4 N–H and O–H groups in total. The van der Waals surface area contributed by atoms with E-state index in [0.29, 0.717) is 12.8 Å². The van der Waals surface area contributed by atoms with E-state index in [2.05, 4.69) is 19.2 Å². The second-order valence-electron chi connectivity index (χ2n) is 19.9. The van der Waals surface area contributed by atoms with E-state index in [9.17, 15) is 20.1 Å². The molecule has 0 rings (SSSR count). The molecule has 0 aromatic rings. The van der Waals surface area contributed by atoms with Crippen LogP contribution in [0.3, 0.4) is 0 Å². The summed E-state index contributed by atoms with van der Waals surface area (Å²) in [5.74, 6) is -0.462. The van der Waals surface area contributed by atoms with Crippen molar-refractivity contribution < 1.29 is 20.1 Å². The average Bonchev–Trinajstić information content (AvgIpc) is 3.26. The smallest absolute Gasteiger partial charge is 0.249 e. The molecule has 3 atom stereocenters. The van der Waals surface area contributed by atoms with Crippen LogP contribution in [0, 0.1) is 0 Å². The number of hydrogen-bond acceptors (Lipinski definition) is 4. The van der Waals surface area contributed by atoms with Crippen molar-refractivity contribution in [1.82, 2.24) is 5.32 Å². The Morgan fingerprint density at radius 1 is 0.328 bits per heavy atom. The fourth-order valence-corrected chi connectivity index (χ4v) is 9.31. The Bertz CT molecular complexity index is 822. The van der Waals surface area contributed by atoms with Crippen LogP contribution >= 0.6 is 0 Å². The van der Waals surface area contributed by atoms with Crippen molar-refractivity contribution in [1.29, 1.82) is 0 Å². The Kier molecular flexibility index (Phi) is 51.4. The summed E-state index contributed by atoms with van der Waals surface area (Å²) < 4.78 is 0. The van der Waals surface area contributed by atoms with Crippen molar-refractivity contribution in [3.63, 3.8) is 0 Å². The number of carbonyl (C=O) groups is 1. The summed E-state index contributed by atoms with van der Waals surface area (Å²) in [7, 11) is 0. The number of amides is 1. The molecule has 1 amide bonds. The normalized spacial score (nSPS) is 13.2. The Morgan fingerprint density at radius 2 is 0.525 bits per heavy atom. The molecule has 0 saturated carbocycles. The van der Waals surface area contributed by atoms with Crippen LogP contribution in [0.25, 0.3) is 0 Å². The van der Waals surface area contributed by atoms with Gasteiger partial charge >= 0.3 is 0 Å². The summed E-state index contributed by atoms with van der Waals surface area (Å²) in [4.78, 5) is 12.6. The van der Waals surface area contributed by atoms with Gasteiger partial charge in [0.2, 0.25) is 5.91 Å². The quantitative estimate of drug-likeness (QED) is 0.0459. The fraction of sp³-hybridized carbons (Fsp3) is 0.982. The van der Waals surface area contributed by atoms with Gasteiger partial charge in [-0.05, 0) is 12.8 Å². The van der Waals surface area contributed by atoms with Gasteiger partial charge in [0.15, 0.2) is 0 Å². The molecule has 3 unspecified atom stereocenters. The number of unbranched alkanes of at least 4 members (excludes halogenated alkanes) is 45. The van der Waals surface area contributed by atoms with Gasteiger partial charge in [-0.25, -0.2) is 0 Å². The SMILES string of the molecule is CCCCCCCCCCCCCCCCCCCCCCCCCCCCC(O)C(=O)NC(CO)C(O)CCCCCCCCCCCCCCCCCCCCCCC. The van der Waals surface area contributed by atoms with Gasteiger partial charge in [-0.2, -0.15) is 0 Å². The van der Waals surface area contributed by atoms with E-state index < -0.39 is 24.2 Å². The Hall–Kier alpha value is -0.650. The van der Waals surface area contributed by atoms with E-state index in [-0.39, 0.29) is 6.61 Å². The molecule has 0 aliphatic carbocycles. The molecule has 0 aromatic heterocycles. The summed E-state index contributed by atoms with van der Waals surface area (Å²) in [6.07, 6.45) is 62.9. The van der Waals surface area contributed by atoms with Gasteiger partial charge in [0, 0.05) is 0 Å². The van der Waals surface area contributed by atoms with Crippen LogP contribution in [0.15, 0.2) is 0 Å². The van der Waals surface area contributed by atoms with Gasteiger partial charge in [0.1, 0.15) is 6.10 Å². The predicted octanol–water partition coefficient (Wildman–Crippen LogP) is 17.3. The van der Waals surface area contributed by atoms with Crippen molar-refractivity contribution in [2.24, 2.45) is 0 Å². The molecule has 61 heavy (non-hydrogen) atoms. The van der Waals surface area contributed by atoms with Gasteiger partial charge in [-0.1, -0.05) is 316 Å². The van der Waals surface area contributed by atoms with Crippen LogP contribution in [-0.4, -0.2) is 46.1 Å². The zero-order valence-electron chi connectivity index (χ0n) is 41.8. The second kappa shape index (κ2) is 52.0. The lowest BCUT2D eigenvalue weighted by Gasteiger charge is -2.23. The van der Waals surface area contributed by atoms with Crippen LogP contribution in [0.4, 0.5) is 0 Å². The van der Waals surface area contributed by atoms with Crippen LogP contribution < -0.4 is 5.32 Å². The number of nitrogens with one attached hydrogen (secondary N) is 1. The van der Waals surface area contributed by atoms with E-state index >= 15 is 0 Å². The highest BCUT2D eigenvalue weighted by Crippen LogP contribution is 2.19. The number of aliphatic hydroxyl groups excluding tert-OH is 3. The van der Waals surface area contributed by atoms with E-state index in [0.717, 1.165) is 32.1 Å². The number of hydrogen-bond donors (Lipinski definition) is 4. The summed E-state index contributed by atoms with van der Waals surface area (Å²) in [6.45, 7) is 4.28. The van der Waals surface area contributed by atoms with Gasteiger partial charge in [-0.15, -0.1) is 0 Å². The molecule has 0 saturated heterocycles. The molecule has 366 valence electrons. The van der Waals surface area contributed by atoms with Gasteiger partial charge < -0.3 is 20.6 Å². The van der Waals surface area contributed by atoms with Crippen LogP contribution in [0.5, 0.6) is 0 Å². The van der Waals surface area contributed by atoms with Crippen molar-refractivity contribution in [2.75, 3.05) is 6.61 Å². The van der Waals surface area contributed by atoms with Crippen LogP contribution in [0.2, 0.25) is 0 Å². The summed E-state index contributed by atoms with van der Waals surface area (Å²) >= 11 is 0. The topological polar surface area (TPSA) is 89.8 Å². The molecule has 0 heterocycles. The van der Waals surface area contributed by atoms with Crippen molar-refractivity contribution >= 4 is 5.91 Å². The molecule has 0 aromatic carbocycles. The van der Waals surface area contributed by atoms with Crippen molar-refractivity contribution in [3.8, 4) is 0 Å². The van der Waals surface area contributed by atoms with Crippen LogP contribution in [-0.2, 0) is 4.79 Å². The summed E-state index contributed by atoms with van der Waals surface area (Å²) in [6, 6.07) is -0.707. The lowest BCUT2D eigenvalue weighted by Crippen LogP contribution is -2.49. The molecule has 0 aliphatic rings. The maximum Gasteiger partial charge on any atom is 0.249 e. The third kappa shape index (κ3) is 47.1. The van der Waals surface area contributed by atoms with E-state index in [1.807, 2.05) is 0 Å². The average molecular weight is 865 g/mol. The third-order valence-electron chi connectivity index (χ3n) is 13.7. The Labute approximate surface area is 383 Å². The molecular formula is C56H113NO4. The third-order valence-corrected chi connectivity index (χ3v) is 13.7. The molecule has 0 aliphatic heterocycles. The molecule has 0 radical (unpaired) electrons. The zero-order valence-corrected chi connectivity index (χ0v) is 41.8. The molecule has 5 heteroatoms. The first-order valence-corrected chi connectivity index (χ1v) is 28.3. The number of carbonyl (C=O) groups excluding carboxylic acids is 1. The predicted molar refractivity (Wildman–Crippen MR) is 269 cm³/mol. The van der Waals surface area contributed by atoms with E-state index in [1.165, 1.54) is 270 Å². The maximum absolute atomic E-state index is 12.6. The van der Waals surface area contributed by atoms with Crippen molar-refractivity contribution in [2.45, 2.75) is 347 Å². The summed E-state index contributed by atoms with van der Waals surface area (Å²) in [5, 5.41) is 33.6. The fourth-order valence-electron chi connectivity index (χ4n) is 9.31. The molecular weight excluding hydrogens is 751 g/mol. The molecule has 0 fully saturated rings. The first kappa shape index (κ1) is 60.4.